The number of thioether (sulfide) groups is 1. The number of sulfonamides is 1. The second-order valence-electron chi connectivity index (χ2n) is 5.02. The highest BCUT2D eigenvalue weighted by atomic mass is 32.2. The minimum atomic E-state index is -3.69. The summed E-state index contributed by atoms with van der Waals surface area (Å²) in [4.78, 5) is 0.0175. The van der Waals surface area contributed by atoms with E-state index in [2.05, 4.69) is 0 Å². The van der Waals surface area contributed by atoms with E-state index >= 15 is 0 Å². The van der Waals surface area contributed by atoms with Crippen molar-refractivity contribution in [2.75, 3.05) is 19.1 Å². The van der Waals surface area contributed by atoms with Gasteiger partial charge in [-0.15, -0.1) is 0 Å². The van der Waals surface area contributed by atoms with Crippen LogP contribution in [0.4, 0.5) is 4.39 Å². The Morgan fingerprint density at radius 2 is 2.05 bits per heavy atom. The largest absolute Gasteiger partial charge is 0.392 e. The zero-order valence-corrected chi connectivity index (χ0v) is 14.4. The molecule has 0 spiro atoms. The molecule has 0 saturated heterocycles. The third kappa shape index (κ3) is 4.18. The quantitative estimate of drug-likeness (QED) is 0.831. The van der Waals surface area contributed by atoms with Gasteiger partial charge in [-0.25, -0.2) is 12.8 Å². The molecule has 21 heavy (non-hydrogen) atoms. The van der Waals surface area contributed by atoms with Gasteiger partial charge in [-0.05, 0) is 50.0 Å². The molecule has 1 aromatic carbocycles. The summed E-state index contributed by atoms with van der Waals surface area (Å²) in [5.41, 5.74) is 0.212. The Morgan fingerprint density at radius 1 is 1.43 bits per heavy atom. The van der Waals surface area contributed by atoms with Gasteiger partial charge in [0.2, 0.25) is 10.0 Å². The molecule has 0 aromatic heterocycles. The summed E-state index contributed by atoms with van der Waals surface area (Å²) in [6, 6.07) is 2.36. The van der Waals surface area contributed by atoms with E-state index in [1.54, 1.807) is 11.8 Å². The van der Waals surface area contributed by atoms with Gasteiger partial charge in [0, 0.05) is 18.7 Å². The van der Waals surface area contributed by atoms with Gasteiger partial charge in [0.05, 0.1) is 11.5 Å². The lowest BCUT2D eigenvalue weighted by molar-refractivity contribution is 0.275. The number of halogens is 1. The molecule has 1 aromatic rings. The Bertz CT molecular complexity index is 590. The van der Waals surface area contributed by atoms with Crippen LogP contribution in [0.3, 0.4) is 0 Å². The molecule has 1 rings (SSSR count). The summed E-state index contributed by atoms with van der Waals surface area (Å²) in [5.74, 6) is 0.306. The molecule has 7 heteroatoms. The van der Waals surface area contributed by atoms with E-state index in [4.69, 9.17) is 5.11 Å². The van der Waals surface area contributed by atoms with Crippen LogP contribution < -0.4 is 0 Å². The van der Waals surface area contributed by atoms with Crippen LogP contribution in [0.2, 0.25) is 0 Å². The van der Waals surface area contributed by atoms with Gasteiger partial charge >= 0.3 is 0 Å². The van der Waals surface area contributed by atoms with Gasteiger partial charge in [-0.3, -0.25) is 0 Å². The maximum Gasteiger partial charge on any atom is 0.243 e. The summed E-state index contributed by atoms with van der Waals surface area (Å²) in [6.45, 7) is 2.81. The van der Waals surface area contributed by atoms with Crippen LogP contribution in [0.15, 0.2) is 17.0 Å². The molecule has 1 N–H and O–H groups in total. The Balaban J connectivity index is 3.16. The number of aryl methyl sites for hydroxylation is 1. The predicted octanol–water partition coefficient (Wildman–Crippen LogP) is 2.39. The number of aliphatic hydroxyl groups is 1. The summed E-state index contributed by atoms with van der Waals surface area (Å²) < 4.78 is 40.2. The van der Waals surface area contributed by atoms with Crippen molar-refractivity contribution in [3.8, 4) is 0 Å². The molecule has 0 bridgehead atoms. The molecule has 0 saturated carbocycles. The van der Waals surface area contributed by atoms with Crippen molar-refractivity contribution in [3.63, 3.8) is 0 Å². The van der Waals surface area contributed by atoms with Gasteiger partial charge < -0.3 is 5.11 Å². The van der Waals surface area contributed by atoms with Gasteiger partial charge in [0.1, 0.15) is 5.82 Å². The van der Waals surface area contributed by atoms with Crippen LogP contribution in [0.5, 0.6) is 0 Å². The first kappa shape index (κ1) is 18.4. The van der Waals surface area contributed by atoms with Crippen molar-refractivity contribution in [3.05, 3.63) is 29.1 Å². The SMILES string of the molecule is CSCCC(C)N(C)S(=O)(=O)c1cc(C)c(F)c(CO)c1. The molecule has 0 aliphatic rings. The maximum absolute atomic E-state index is 13.7. The molecular formula is C14H22FNO3S2. The normalized spacial score (nSPS) is 13.7. The molecule has 0 heterocycles. The first-order valence-electron chi connectivity index (χ1n) is 6.62. The number of benzene rings is 1. The lowest BCUT2D eigenvalue weighted by Gasteiger charge is -2.24. The van der Waals surface area contributed by atoms with Gasteiger partial charge in [0.25, 0.3) is 0 Å². The van der Waals surface area contributed by atoms with E-state index in [0.717, 1.165) is 12.2 Å². The van der Waals surface area contributed by atoms with Crippen molar-refractivity contribution < 1.29 is 17.9 Å². The van der Waals surface area contributed by atoms with Crippen LogP contribution >= 0.6 is 11.8 Å². The average molecular weight is 335 g/mol. The standard InChI is InChI=1S/C14H22FNO3S2/c1-10-7-13(8-12(9-17)14(10)15)21(18,19)16(3)11(2)5-6-20-4/h7-8,11,17H,5-6,9H2,1-4H3. The smallest absolute Gasteiger partial charge is 0.243 e. The van der Waals surface area contributed by atoms with Crippen LogP contribution in [0.25, 0.3) is 0 Å². The summed E-state index contributed by atoms with van der Waals surface area (Å²) >= 11 is 1.66. The zero-order chi connectivity index (χ0) is 16.2. The van der Waals surface area contributed by atoms with E-state index in [1.165, 1.54) is 30.4 Å². The van der Waals surface area contributed by atoms with Crippen LogP contribution in [-0.4, -0.2) is 42.9 Å². The van der Waals surface area contributed by atoms with Crippen molar-refractivity contribution in [1.82, 2.24) is 4.31 Å². The van der Waals surface area contributed by atoms with Crippen molar-refractivity contribution >= 4 is 21.8 Å². The second-order valence-corrected chi connectivity index (χ2v) is 8.01. The summed E-state index contributed by atoms with van der Waals surface area (Å²) in [7, 11) is -2.17. The number of aliphatic hydroxyl groups excluding tert-OH is 1. The highest BCUT2D eigenvalue weighted by molar-refractivity contribution is 7.98. The minimum Gasteiger partial charge on any atom is -0.392 e. The first-order chi connectivity index (χ1) is 9.75. The van der Waals surface area contributed by atoms with E-state index in [1.807, 2.05) is 13.2 Å². The Labute approximate surface area is 130 Å². The highest BCUT2D eigenvalue weighted by Crippen LogP contribution is 2.23. The molecule has 1 unspecified atom stereocenters. The second kappa shape index (κ2) is 7.58. The molecular weight excluding hydrogens is 313 g/mol. The fourth-order valence-corrected chi connectivity index (χ4v) is 4.05. The van der Waals surface area contributed by atoms with E-state index < -0.39 is 22.4 Å². The number of nitrogens with zero attached hydrogens (tertiary/aromatic N) is 1. The van der Waals surface area contributed by atoms with Gasteiger partial charge in [-0.2, -0.15) is 16.1 Å². The predicted molar refractivity (Wildman–Crippen MR) is 84.5 cm³/mol. The third-order valence-electron chi connectivity index (χ3n) is 3.51. The zero-order valence-electron chi connectivity index (χ0n) is 12.8. The fraction of sp³-hybridized carbons (Fsp3) is 0.571. The lowest BCUT2D eigenvalue weighted by atomic mass is 10.1. The maximum atomic E-state index is 13.7. The molecule has 0 amide bonds. The van der Waals surface area contributed by atoms with Crippen molar-refractivity contribution in [1.29, 1.82) is 0 Å². The molecule has 0 aliphatic heterocycles. The van der Waals surface area contributed by atoms with E-state index in [9.17, 15) is 12.8 Å². The Morgan fingerprint density at radius 3 is 2.57 bits per heavy atom. The lowest BCUT2D eigenvalue weighted by Crippen LogP contribution is -2.35. The topological polar surface area (TPSA) is 57.6 Å². The molecule has 0 radical (unpaired) electrons. The molecule has 0 fully saturated rings. The average Bonchev–Trinajstić information content (AvgIpc) is 2.46. The molecule has 4 nitrogen and oxygen atoms in total. The summed E-state index contributed by atoms with van der Waals surface area (Å²) in [6.07, 6.45) is 2.71. The summed E-state index contributed by atoms with van der Waals surface area (Å²) in [5, 5.41) is 9.15. The first-order valence-corrected chi connectivity index (χ1v) is 9.46. The highest BCUT2D eigenvalue weighted by Gasteiger charge is 2.26. The molecule has 0 aliphatic carbocycles. The van der Waals surface area contributed by atoms with Crippen LogP contribution in [0, 0.1) is 12.7 Å². The number of rotatable bonds is 7. The van der Waals surface area contributed by atoms with E-state index in [0.29, 0.717) is 0 Å². The van der Waals surface area contributed by atoms with E-state index in [-0.39, 0.29) is 22.1 Å². The van der Waals surface area contributed by atoms with Crippen molar-refractivity contribution in [2.45, 2.75) is 37.8 Å². The molecule has 1 atom stereocenters. The Kier molecular flexibility index (Phi) is 6.65. The molecule has 120 valence electrons. The Hall–Kier alpha value is -0.630. The third-order valence-corrected chi connectivity index (χ3v) is 6.10. The number of hydrogen-bond donors (Lipinski definition) is 1. The van der Waals surface area contributed by atoms with Crippen molar-refractivity contribution in [2.24, 2.45) is 0 Å². The number of hydrogen-bond acceptors (Lipinski definition) is 4. The monoisotopic (exact) mass is 335 g/mol. The van der Waals surface area contributed by atoms with Crippen LogP contribution in [0.1, 0.15) is 24.5 Å². The van der Waals surface area contributed by atoms with Gasteiger partial charge in [0.15, 0.2) is 0 Å². The minimum absolute atomic E-state index is 0.00116. The van der Waals surface area contributed by atoms with Gasteiger partial charge in [-0.1, -0.05) is 0 Å². The fourth-order valence-electron chi connectivity index (χ4n) is 1.94. The van der Waals surface area contributed by atoms with Crippen LogP contribution in [-0.2, 0) is 16.6 Å².